The minimum atomic E-state index is -0.194. The molecule has 0 bridgehead atoms. The molecular weight excluding hydrogens is 254 g/mol. The first kappa shape index (κ1) is 13.2. The van der Waals surface area contributed by atoms with Crippen LogP contribution in [-0.2, 0) is 4.74 Å². The standard InChI is InChI=1S/C15H21N3O2/c1-20-14(19)18-9-4-6-15(12-18)7-10-17(11-15)13-5-2-3-8-16-13/h2-3,5,8H,4,6-7,9-12H2,1H3/t15-/m0/s1. The summed E-state index contributed by atoms with van der Waals surface area (Å²) in [6.07, 6.45) is 5.01. The van der Waals surface area contributed by atoms with Crippen LogP contribution in [0, 0.1) is 5.41 Å². The summed E-state index contributed by atoms with van der Waals surface area (Å²) in [5.41, 5.74) is 0.212. The monoisotopic (exact) mass is 275 g/mol. The molecule has 2 fully saturated rings. The Morgan fingerprint density at radius 1 is 1.30 bits per heavy atom. The molecule has 0 aromatic carbocycles. The number of aromatic nitrogens is 1. The lowest BCUT2D eigenvalue weighted by Gasteiger charge is -2.39. The molecule has 0 unspecified atom stereocenters. The topological polar surface area (TPSA) is 45.7 Å². The third-order valence-electron chi connectivity index (χ3n) is 4.51. The molecule has 2 saturated heterocycles. The van der Waals surface area contributed by atoms with Crippen LogP contribution in [0.25, 0.3) is 0 Å². The lowest BCUT2D eigenvalue weighted by atomic mass is 9.79. The van der Waals surface area contributed by atoms with Gasteiger partial charge in [-0.1, -0.05) is 6.07 Å². The van der Waals surface area contributed by atoms with Crippen molar-refractivity contribution in [1.82, 2.24) is 9.88 Å². The molecule has 0 aliphatic carbocycles. The van der Waals surface area contributed by atoms with E-state index in [1.165, 1.54) is 13.5 Å². The minimum absolute atomic E-state index is 0.194. The number of hydrogen-bond acceptors (Lipinski definition) is 4. The maximum absolute atomic E-state index is 11.7. The first-order valence-corrected chi connectivity index (χ1v) is 7.21. The average Bonchev–Trinajstić information content (AvgIpc) is 2.91. The fraction of sp³-hybridized carbons (Fsp3) is 0.600. The van der Waals surface area contributed by atoms with Crippen molar-refractivity contribution in [1.29, 1.82) is 0 Å². The third-order valence-corrected chi connectivity index (χ3v) is 4.51. The zero-order valence-electron chi connectivity index (χ0n) is 11.9. The Labute approximate surface area is 119 Å². The van der Waals surface area contributed by atoms with Crippen molar-refractivity contribution in [3.63, 3.8) is 0 Å². The molecule has 1 aromatic rings. The molecule has 0 radical (unpaired) electrons. The van der Waals surface area contributed by atoms with Gasteiger partial charge < -0.3 is 14.5 Å². The van der Waals surface area contributed by atoms with Crippen LogP contribution < -0.4 is 4.90 Å². The number of amides is 1. The van der Waals surface area contributed by atoms with E-state index in [4.69, 9.17) is 4.74 Å². The number of rotatable bonds is 1. The van der Waals surface area contributed by atoms with E-state index in [1.807, 2.05) is 23.2 Å². The molecule has 1 atom stereocenters. The minimum Gasteiger partial charge on any atom is -0.453 e. The van der Waals surface area contributed by atoms with Crippen molar-refractivity contribution in [2.45, 2.75) is 19.3 Å². The normalized spacial score (nSPS) is 26.1. The largest absolute Gasteiger partial charge is 0.453 e. The van der Waals surface area contributed by atoms with Gasteiger partial charge in [-0.3, -0.25) is 0 Å². The van der Waals surface area contributed by atoms with Gasteiger partial charge in [0, 0.05) is 37.8 Å². The summed E-state index contributed by atoms with van der Waals surface area (Å²) < 4.78 is 4.86. The maximum Gasteiger partial charge on any atom is 0.409 e. The van der Waals surface area contributed by atoms with E-state index in [2.05, 4.69) is 16.0 Å². The summed E-state index contributed by atoms with van der Waals surface area (Å²) in [4.78, 5) is 20.4. The third kappa shape index (κ3) is 2.44. The Bertz CT molecular complexity index is 479. The van der Waals surface area contributed by atoms with Gasteiger partial charge in [0.2, 0.25) is 0 Å². The van der Waals surface area contributed by atoms with Gasteiger partial charge in [-0.2, -0.15) is 0 Å². The van der Waals surface area contributed by atoms with E-state index in [0.717, 1.165) is 44.8 Å². The Balaban J connectivity index is 1.70. The molecule has 5 nitrogen and oxygen atoms in total. The number of likely N-dealkylation sites (tertiary alicyclic amines) is 1. The highest BCUT2D eigenvalue weighted by Crippen LogP contribution is 2.40. The predicted octanol–water partition coefficient (Wildman–Crippen LogP) is 2.14. The zero-order chi connectivity index (χ0) is 14.0. The van der Waals surface area contributed by atoms with Gasteiger partial charge in [-0.25, -0.2) is 9.78 Å². The molecule has 3 rings (SSSR count). The molecule has 0 saturated carbocycles. The molecule has 1 spiro atoms. The first-order valence-electron chi connectivity index (χ1n) is 7.21. The second-order valence-electron chi connectivity index (χ2n) is 5.85. The van der Waals surface area contributed by atoms with E-state index in [0.29, 0.717) is 0 Å². The van der Waals surface area contributed by atoms with Gasteiger partial charge in [0.1, 0.15) is 5.82 Å². The van der Waals surface area contributed by atoms with Crippen LogP contribution in [-0.4, -0.2) is 49.3 Å². The van der Waals surface area contributed by atoms with Gasteiger partial charge in [0.15, 0.2) is 0 Å². The fourth-order valence-electron chi connectivity index (χ4n) is 3.50. The lowest BCUT2D eigenvalue weighted by Crippen LogP contribution is -2.47. The summed E-state index contributed by atoms with van der Waals surface area (Å²) in [7, 11) is 1.46. The van der Waals surface area contributed by atoms with Gasteiger partial charge in [0.05, 0.1) is 7.11 Å². The van der Waals surface area contributed by atoms with E-state index >= 15 is 0 Å². The maximum atomic E-state index is 11.7. The molecular formula is C15H21N3O2. The molecule has 2 aliphatic heterocycles. The highest BCUT2D eigenvalue weighted by molar-refractivity contribution is 5.67. The summed E-state index contributed by atoms with van der Waals surface area (Å²) in [6, 6.07) is 6.02. The number of hydrogen-bond donors (Lipinski definition) is 0. The van der Waals surface area contributed by atoms with Crippen LogP contribution in [0.1, 0.15) is 19.3 Å². The van der Waals surface area contributed by atoms with Crippen molar-refractivity contribution in [3.05, 3.63) is 24.4 Å². The molecule has 20 heavy (non-hydrogen) atoms. The number of anilines is 1. The second kappa shape index (κ2) is 5.31. The lowest BCUT2D eigenvalue weighted by molar-refractivity contribution is 0.0753. The molecule has 1 aromatic heterocycles. The molecule has 0 N–H and O–H groups in total. The van der Waals surface area contributed by atoms with E-state index < -0.39 is 0 Å². The van der Waals surface area contributed by atoms with Crippen molar-refractivity contribution in [2.24, 2.45) is 5.41 Å². The number of carbonyl (C=O) groups excluding carboxylic acids is 1. The van der Waals surface area contributed by atoms with E-state index in [1.54, 1.807) is 0 Å². The fourth-order valence-corrected chi connectivity index (χ4v) is 3.50. The number of methoxy groups -OCH3 is 1. The number of pyridine rings is 1. The Hall–Kier alpha value is -1.78. The highest BCUT2D eigenvalue weighted by atomic mass is 16.5. The summed E-state index contributed by atoms with van der Waals surface area (Å²) >= 11 is 0. The van der Waals surface area contributed by atoms with Crippen LogP contribution in [0.2, 0.25) is 0 Å². The predicted molar refractivity (Wildman–Crippen MR) is 76.7 cm³/mol. The van der Waals surface area contributed by atoms with Gasteiger partial charge in [-0.15, -0.1) is 0 Å². The van der Waals surface area contributed by atoms with Crippen molar-refractivity contribution in [3.8, 4) is 0 Å². The van der Waals surface area contributed by atoms with Crippen LogP contribution in [0.3, 0.4) is 0 Å². The first-order chi connectivity index (χ1) is 9.72. The Kier molecular flexibility index (Phi) is 3.51. The average molecular weight is 275 g/mol. The molecule has 108 valence electrons. The number of nitrogens with zero attached hydrogens (tertiary/aromatic N) is 3. The summed E-state index contributed by atoms with van der Waals surface area (Å²) in [5.74, 6) is 1.04. The summed E-state index contributed by atoms with van der Waals surface area (Å²) in [5, 5.41) is 0. The van der Waals surface area contributed by atoms with Crippen LogP contribution in [0.15, 0.2) is 24.4 Å². The van der Waals surface area contributed by atoms with Crippen LogP contribution >= 0.6 is 0 Å². The van der Waals surface area contributed by atoms with E-state index in [9.17, 15) is 4.79 Å². The van der Waals surface area contributed by atoms with E-state index in [-0.39, 0.29) is 11.5 Å². The van der Waals surface area contributed by atoms with Gasteiger partial charge in [-0.05, 0) is 31.4 Å². The van der Waals surface area contributed by atoms with Gasteiger partial charge in [0.25, 0.3) is 0 Å². The number of carbonyl (C=O) groups is 1. The molecule has 2 aliphatic rings. The number of ether oxygens (including phenoxy) is 1. The number of piperidine rings is 1. The highest BCUT2D eigenvalue weighted by Gasteiger charge is 2.43. The Morgan fingerprint density at radius 3 is 2.95 bits per heavy atom. The zero-order valence-corrected chi connectivity index (χ0v) is 11.9. The molecule has 3 heterocycles. The van der Waals surface area contributed by atoms with Crippen molar-refractivity contribution < 1.29 is 9.53 Å². The van der Waals surface area contributed by atoms with Crippen LogP contribution in [0.4, 0.5) is 10.6 Å². The summed E-state index contributed by atoms with van der Waals surface area (Å²) in [6.45, 7) is 3.63. The Morgan fingerprint density at radius 2 is 2.20 bits per heavy atom. The van der Waals surface area contributed by atoms with Gasteiger partial charge >= 0.3 is 6.09 Å². The van der Waals surface area contributed by atoms with Crippen LogP contribution in [0.5, 0.6) is 0 Å². The molecule has 5 heteroatoms. The second-order valence-corrected chi connectivity index (χ2v) is 5.85. The quantitative estimate of drug-likeness (QED) is 0.787. The smallest absolute Gasteiger partial charge is 0.409 e. The SMILES string of the molecule is COC(=O)N1CCC[C@@]2(CCN(c3ccccn3)C2)C1. The van der Waals surface area contributed by atoms with Crippen molar-refractivity contribution in [2.75, 3.05) is 38.2 Å². The molecule has 1 amide bonds. The van der Waals surface area contributed by atoms with Crippen molar-refractivity contribution >= 4 is 11.9 Å².